The summed E-state index contributed by atoms with van der Waals surface area (Å²) in [5.41, 5.74) is 3.76. The van der Waals surface area contributed by atoms with E-state index in [2.05, 4.69) is 66.7 Å². The summed E-state index contributed by atoms with van der Waals surface area (Å²) in [4.78, 5) is 0. The van der Waals surface area contributed by atoms with E-state index in [1.54, 1.807) is 5.57 Å². The van der Waals surface area contributed by atoms with E-state index in [1.807, 2.05) is 0 Å². The summed E-state index contributed by atoms with van der Waals surface area (Å²) in [6, 6.07) is 21.4. The molecular weight excluding hydrogens is 284 g/mol. The molecule has 0 spiro atoms. The van der Waals surface area contributed by atoms with Crippen molar-refractivity contribution in [2.75, 3.05) is 0 Å². The number of hydrogen-bond donors (Lipinski definition) is 0. The molecule has 0 fully saturated rings. The van der Waals surface area contributed by atoms with Crippen molar-refractivity contribution in [3.05, 3.63) is 83.4 Å². The lowest BCUT2D eigenvalue weighted by Gasteiger charge is -2.36. The highest BCUT2D eigenvalue weighted by Crippen LogP contribution is 2.40. The van der Waals surface area contributed by atoms with Gasteiger partial charge < -0.3 is 4.43 Å². The van der Waals surface area contributed by atoms with E-state index in [0.29, 0.717) is 0 Å². The molecule has 0 amide bonds. The predicted molar refractivity (Wildman–Crippen MR) is 95.9 cm³/mol. The molecule has 22 heavy (non-hydrogen) atoms. The molecule has 0 saturated carbocycles. The average Bonchev–Trinajstić information content (AvgIpc) is 2.62. The van der Waals surface area contributed by atoms with Gasteiger partial charge in [-0.2, -0.15) is 0 Å². The van der Waals surface area contributed by atoms with Crippen LogP contribution in [0.25, 0.3) is 0 Å². The van der Waals surface area contributed by atoms with Gasteiger partial charge in [0.25, 0.3) is 0 Å². The third-order valence-corrected chi connectivity index (χ3v) is 5.39. The Morgan fingerprint density at radius 3 is 1.91 bits per heavy atom. The lowest BCUT2D eigenvalue weighted by atomic mass is 9.79. The summed E-state index contributed by atoms with van der Waals surface area (Å²) in [7, 11) is 0.719. The van der Waals surface area contributed by atoms with E-state index in [9.17, 15) is 0 Å². The van der Waals surface area contributed by atoms with Gasteiger partial charge in [-0.15, -0.1) is 0 Å². The van der Waals surface area contributed by atoms with Crippen LogP contribution in [0.1, 0.15) is 43.2 Å². The Hall–Kier alpha value is -1.64. The first-order valence-corrected chi connectivity index (χ1v) is 9.01. The van der Waals surface area contributed by atoms with Crippen LogP contribution in [-0.2, 0) is 10.0 Å². The molecule has 1 nitrogen and oxygen atoms in total. The van der Waals surface area contributed by atoms with Crippen molar-refractivity contribution in [3.8, 4) is 0 Å². The second kappa shape index (κ2) is 7.08. The van der Waals surface area contributed by atoms with Gasteiger partial charge in [0.15, 0.2) is 0 Å². The molecule has 3 rings (SSSR count). The van der Waals surface area contributed by atoms with Crippen molar-refractivity contribution in [2.45, 2.75) is 37.7 Å². The molecule has 0 unspecified atom stereocenters. The highest BCUT2D eigenvalue weighted by atomic mass is 28.2. The fourth-order valence-corrected chi connectivity index (χ4v) is 4.09. The quantitative estimate of drug-likeness (QED) is 0.596. The zero-order valence-electron chi connectivity index (χ0n) is 13.3. The van der Waals surface area contributed by atoms with Crippen molar-refractivity contribution in [2.24, 2.45) is 0 Å². The summed E-state index contributed by atoms with van der Waals surface area (Å²) in [5, 5.41) is 0. The summed E-state index contributed by atoms with van der Waals surface area (Å²) in [5.74, 6) is 0. The molecule has 1 aliphatic rings. The number of benzene rings is 2. The van der Waals surface area contributed by atoms with Gasteiger partial charge in [0.05, 0.1) is 0 Å². The van der Waals surface area contributed by atoms with E-state index in [1.165, 1.54) is 36.8 Å². The molecule has 2 aromatic rings. The van der Waals surface area contributed by atoms with Crippen LogP contribution in [0, 0.1) is 0 Å². The van der Waals surface area contributed by atoms with E-state index in [-0.39, 0.29) is 5.60 Å². The van der Waals surface area contributed by atoms with E-state index in [4.69, 9.17) is 4.43 Å². The number of allylic oxidation sites excluding steroid dienone is 1. The van der Waals surface area contributed by atoms with Crippen LogP contribution in [0.15, 0.2) is 72.3 Å². The van der Waals surface area contributed by atoms with Crippen molar-refractivity contribution >= 4 is 10.5 Å². The largest absolute Gasteiger partial charge is 0.414 e. The Morgan fingerprint density at radius 1 is 0.864 bits per heavy atom. The molecule has 0 aliphatic heterocycles. The Bertz CT molecular complexity index is 579. The molecule has 0 N–H and O–H groups in total. The van der Waals surface area contributed by atoms with Crippen LogP contribution in [0.5, 0.6) is 0 Å². The van der Waals surface area contributed by atoms with Crippen molar-refractivity contribution in [1.82, 2.24) is 0 Å². The van der Waals surface area contributed by atoms with Gasteiger partial charge in [0.1, 0.15) is 16.1 Å². The van der Waals surface area contributed by atoms with Gasteiger partial charge >= 0.3 is 0 Å². The molecule has 0 radical (unpaired) electrons. The fraction of sp³-hybridized carbons (Fsp3) is 0.300. The molecule has 2 aromatic carbocycles. The number of rotatable bonds is 5. The van der Waals surface area contributed by atoms with Gasteiger partial charge in [-0.05, 0) is 36.8 Å². The first-order valence-electron chi connectivity index (χ1n) is 8.19. The van der Waals surface area contributed by atoms with E-state index in [0.717, 1.165) is 16.9 Å². The van der Waals surface area contributed by atoms with E-state index < -0.39 is 0 Å². The zero-order valence-corrected chi connectivity index (χ0v) is 15.3. The zero-order chi connectivity index (χ0) is 15.3. The third-order valence-electron chi connectivity index (χ3n) is 4.69. The third kappa shape index (κ3) is 3.08. The normalized spacial score (nSPS) is 15.5. The number of hydrogen-bond acceptors (Lipinski definition) is 1. The lowest BCUT2D eigenvalue weighted by molar-refractivity contribution is 0.124. The monoisotopic (exact) mass is 308 g/mol. The minimum Gasteiger partial charge on any atom is -0.414 e. The van der Waals surface area contributed by atoms with Crippen molar-refractivity contribution in [1.29, 1.82) is 0 Å². The van der Waals surface area contributed by atoms with Gasteiger partial charge in [-0.1, -0.05) is 72.3 Å². The maximum Gasteiger partial charge on any atom is 0.147 e. The van der Waals surface area contributed by atoms with Crippen LogP contribution < -0.4 is 0 Å². The summed E-state index contributed by atoms with van der Waals surface area (Å²) in [6.07, 6.45) is 8.49. The van der Waals surface area contributed by atoms with Crippen molar-refractivity contribution in [3.63, 3.8) is 0 Å². The minimum absolute atomic E-state index is 0.322. The SMILES string of the molecule is [SiH3]OC(CC1=CCCCC1)(c1ccccc1)c1ccccc1. The predicted octanol–water partition coefficient (Wildman–Crippen LogP) is 4.12. The van der Waals surface area contributed by atoms with Crippen LogP contribution in [0.3, 0.4) is 0 Å². The molecule has 114 valence electrons. The van der Waals surface area contributed by atoms with Gasteiger partial charge in [0.2, 0.25) is 0 Å². The standard InChI is InChI=1S/C20H24OSi/c22-21-20(18-12-6-2-7-13-18,19-14-8-3-9-15-19)16-17-10-4-1-5-11-17/h2-3,6-10,12-15H,1,4-5,11,16H2,22H3. The molecule has 1 aliphatic carbocycles. The molecule has 0 heterocycles. The van der Waals surface area contributed by atoms with Gasteiger partial charge in [-0.3, -0.25) is 0 Å². The van der Waals surface area contributed by atoms with Crippen LogP contribution in [-0.4, -0.2) is 10.5 Å². The molecule has 0 atom stereocenters. The highest BCUT2D eigenvalue weighted by Gasteiger charge is 2.34. The minimum atomic E-state index is -0.322. The molecular formula is C20H24OSi. The second-order valence-electron chi connectivity index (χ2n) is 6.05. The Kier molecular flexibility index (Phi) is 4.91. The topological polar surface area (TPSA) is 9.23 Å². The molecule has 0 aromatic heterocycles. The maximum atomic E-state index is 6.31. The summed E-state index contributed by atoms with van der Waals surface area (Å²) in [6.45, 7) is 0. The van der Waals surface area contributed by atoms with Gasteiger partial charge in [0, 0.05) is 6.42 Å². The fourth-order valence-electron chi connectivity index (χ4n) is 3.48. The first-order chi connectivity index (χ1) is 10.8. The Balaban J connectivity index is 2.06. The van der Waals surface area contributed by atoms with Crippen LogP contribution in [0.4, 0.5) is 0 Å². The van der Waals surface area contributed by atoms with Gasteiger partial charge in [-0.25, -0.2) is 0 Å². The first kappa shape index (κ1) is 15.3. The second-order valence-corrected chi connectivity index (χ2v) is 6.46. The summed E-state index contributed by atoms with van der Waals surface area (Å²) >= 11 is 0. The lowest BCUT2D eigenvalue weighted by Crippen LogP contribution is -2.31. The summed E-state index contributed by atoms with van der Waals surface area (Å²) < 4.78 is 6.31. The molecule has 2 heteroatoms. The highest BCUT2D eigenvalue weighted by molar-refractivity contribution is 5.98. The maximum absolute atomic E-state index is 6.31. The molecule has 0 bridgehead atoms. The molecule has 0 saturated heterocycles. The van der Waals surface area contributed by atoms with Crippen LogP contribution in [0.2, 0.25) is 0 Å². The smallest absolute Gasteiger partial charge is 0.147 e. The average molecular weight is 308 g/mol. The Morgan fingerprint density at radius 2 is 1.45 bits per heavy atom. The Labute approximate surface area is 136 Å². The van der Waals surface area contributed by atoms with Crippen molar-refractivity contribution < 1.29 is 4.43 Å². The van der Waals surface area contributed by atoms with Crippen LogP contribution >= 0.6 is 0 Å². The van der Waals surface area contributed by atoms with E-state index >= 15 is 0 Å².